The van der Waals surface area contributed by atoms with Crippen molar-refractivity contribution in [1.82, 2.24) is 9.80 Å². The van der Waals surface area contributed by atoms with Crippen molar-refractivity contribution in [3.63, 3.8) is 0 Å². The first-order valence-corrected chi connectivity index (χ1v) is 7.20. The molecule has 1 aliphatic heterocycles. The summed E-state index contributed by atoms with van der Waals surface area (Å²) >= 11 is 1.67. The van der Waals surface area contributed by atoms with E-state index in [2.05, 4.69) is 0 Å². The Hall–Kier alpha value is -0.910. The van der Waals surface area contributed by atoms with Gasteiger partial charge in [0, 0.05) is 18.5 Å². The summed E-state index contributed by atoms with van der Waals surface area (Å²) in [5.41, 5.74) is 0. The van der Waals surface area contributed by atoms with Crippen LogP contribution in [0.5, 0.6) is 0 Å². The molecule has 1 aromatic heterocycles. The zero-order chi connectivity index (χ0) is 13.0. The second-order valence-corrected chi connectivity index (χ2v) is 5.89. The zero-order valence-electron chi connectivity index (χ0n) is 10.7. The summed E-state index contributed by atoms with van der Waals surface area (Å²) in [4.78, 5) is 17.0. The highest BCUT2D eigenvalue weighted by atomic mass is 32.1. The molecule has 1 fully saturated rings. The minimum Gasteiger partial charge on any atom is -0.392 e. The largest absolute Gasteiger partial charge is 0.392 e. The maximum Gasteiger partial charge on any atom is 0.236 e. The van der Waals surface area contributed by atoms with Crippen molar-refractivity contribution < 1.29 is 9.90 Å². The van der Waals surface area contributed by atoms with Gasteiger partial charge in [-0.2, -0.15) is 0 Å². The van der Waals surface area contributed by atoms with E-state index in [0.717, 1.165) is 19.4 Å². The van der Waals surface area contributed by atoms with E-state index in [1.807, 2.05) is 29.5 Å². The molecule has 0 radical (unpaired) electrons. The molecule has 1 aliphatic rings. The lowest BCUT2D eigenvalue weighted by Gasteiger charge is -2.30. The molecule has 1 aromatic rings. The van der Waals surface area contributed by atoms with Crippen LogP contribution in [0.3, 0.4) is 0 Å². The molecule has 0 aromatic carbocycles. The first-order valence-electron chi connectivity index (χ1n) is 6.32. The van der Waals surface area contributed by atoms with E-state index in [1.165, 1.54) is 4.88 Å². The molecule has 4 nitrogen and oxygen atoms in total. The fourth-order valence-electron chi connectivity index (χ4n) is 2.21. The molecule has 1 unspecified atom stereocenters. The van der Waals surface area contributed by atoms with Crippen LogP contribution in [0.1, 0.15) is 17.7 Å². The number of thiophene rings is 1. The maximum atomic E-state index is 12.1. The standard InChI is InChI=1S/C13H20N2O2S/c1-14(9-12-5-3-7-18-12)13(17)10-15-6-2-4-11(16)8-15/h3,5,7,11,16H,2,4,6,8-10H2,1H3. The van der Waals surface area contributed by atoms with Gasteiger partial charge in [0.05, 0.1) is 19.2 Å². The number of likely N-dealkylation sites (tertiary alicyclic amines) is 1. The van der Waals surface area contributed by atoms with Crippen molar-refractivity contribution >= 4 is 17.2 Å². The van der Waals surface area contributed by atoms with E-state index in [-0.39, 0.29) is 12.0 Å². The second-order valence-electron chi connectivity index (χ2n) is 4.86. The van der Waals surface area contributed by atoms with Gasteiger partial charge in [0.15, 0.2) is 0 Å². The van der Waals surface area contributed by atoms with Crippen LogP contribution in [0.15, 0.2) is 17.5 Å². The lowest BCUT2D eigenvalue weighted by atomic mass is 10.1. The van der Waals surface area contributed by atoms with Crippen LogP contribution in [-0.4, -0.2) is 53.6 Å². The first-order chi connectivity index (χ1) is 8.65. The number of aliphatic hydroxyl groups excluding tert-OH is 1. The Morgan fingerprint density at radius 3 is 3.17 bits per heavy atom. The number of carbonyl (C=O) groups excluding carboxylic acids is 1. The Labute approximate surface area is 112 Å². The molecule has 0 aliphatic carbocycles. The third kappa shape index (κ3) is 3.80. The van der Waals surface area contributed by atoms with Crippen molar-refractivity contribution in [2.45, 2.75) is 25.5 Å². The van der Waals surface area contributed by atoms with Crippen LogP contribution in [0.2, 0.25) is 0 Å². The van der Waals surface area contributed by atoms with E-state index >= 15 is 0 Å². The number of piperidine rings is 1. The van der Waals surface area contributed by atoms with Gasteiger partial charge in [-0.05, 0) is 30.8 Å². The van der Waals surface area contributed by atoms with Gasteiger partial charge in [-0.25, -0.2) is 0 Å². The number of likely N-dealkylation sites (N-methyl/N-ethyl adjacent to an activating group) is 1. The minimum atomic E-state index is -0.269. The van der Waals surface area contributed by atoms with Gasteiger partial charge in [0.1, 0.15) is 0 Å². The van der Waals surface area contributed by atoms with Crippen LogP contribution in [0.4, 0.5) is 0 Å². The molecule has 18 heavy (non-hydrogen) atoms. The molecule has 5 heteroatoms. The summed E-state index contributed by atoms with van der Waals surface area (Å²) < 4.78 is 0. The summed E-state index contributed by atoms with van der Waals surface area (Å²) in [6, 6.07) is 4.04. The number of hydrogen-bond donors (Lipinski definition) is 1. The van der Waals surface area contributed by atoms with Gasteiger partial charge in [0.2, 0.25) is 5.91 Å². The summed E-state index contributed by atoms with van der Waals surface area (Å²) in [6.07, 6.45) is 1.56. The Morgan fingerprint density at radius 2 is 2.50 bits per heavy atom. The molecule has 1 saturated heterocycles. The summed E-state index contributed by atoms with van der Waals surface area (Å²) in [7, 11) is 1.84. The van der Waals surface area contributed by atoms with Crippen LogP contribution in [0.25, 0.3) is 0 Å². The normalized spacial score (nSPS) is 20.9. The Bertz CT molecular complexity index is 380. The highest BCUT2D eigenvalue weighted by Crippen LogP contribution is 2.12. The van der Waals surface area contributed by atoms with Crippen LogP contribution >= 0.6 is 11.3 Å². The van der Waals surface area contributed by atoms with Gasteiger partial charge in [-0.3, -0.25) is 9.69 Å². The monoisotopic (exact) mass is 268 g/mol. The van der Waals surface area contributed by atoms with E-state index in [1.54, 1.807) is 16.2 Å². The quantitative estimate of drug-likeness (QED) is 0.891. The fourth-order valence-corrected chi connectivity index (χ4v) is 2.97. The molecule has 2 heterocycles. The summed E-state index contributed by atoms with van der Waals surface area (Å²) in [5, 5.41) is 11.6. The van der Waals surface area contributed by atoms with Crippen molar-refractivity contribution in [2.24, 2.45) is 0 Å². The van der Waals surface area contributed by atoms with Gasteiger partial charge >= 0.3 is 0 Å². The third-order valence-corrected chi connectivity index (χ3v) is 4.10. The second kappa shape index (κ2) is 6.31. The molecule has 1 amide bonds. The van der Waals surface area contributed by atoms with Gasteiger partial charge < -0.3 is 10.0 Å². The predicted molar refractivity (Wildman–Crippen MR) is 72.5 cm³/mol. The van der Waals surface area contributed by atoms with Crippen LogP contribution in [0, 0.1) is 0 Å². The SMILES string of the molecule is CN(Cc1cccs1)C(=O)CN1CCCC(O)C1. The van der Waals surface area contributed by atoms with Crippen molar-refractivity contribution in [1.29, 1.82) is 0 Å². The molecular weight excluding hydrogens is 248 g/mol. The van der Waals surface area contributed by atoms with Gasteiger partial charge in [-0.1, -0.05) is 6.07 Å². The smallest absolute Gasteiger partial charge is 0.236 e. The third-order valence-electron chi connectivity index (χ3n) is 3.24. The number of nitrogens with zero attached hydrogens (tertiary/aromatic N) is 2. The molecule has 1 N–H and O–H groups in total. The average Bonchev–Trinajstić information content (AvgIpc) is 2.81. The lowest BCUT2D eigenvalue weighted by Crippen LogP contribution is -2.44. The Morgan fingerprint density at radius 1 is 1.67 bits per heavy atom. The van der Waals surface area contributed by atoms with Crippen LogP contribution in [-0.2, 0) is 11.3 Å². The fraction of sp³-hybridized carbons (Fsp3) is 0.615. The molecule has 0 bridgehead atoms. The number of rotatable bonds is 4. The van der Waals surface area contributed by atoms with E-state index in [0.29, 0.717) is 19.6 Å². The van der Waals surface area contributed by atoms with Crippen molar-refractivity contribution in [3.8, 4) is 0 Å². The number of amides is 1. The first kappa shape index (κ1) is 13.5. The van der Waals surface area contributed by atoms with E-state index < -0.39 is 0 Å². The lowest BCUT2D eigenvalue weighted by molar-refractivity contribution is -0.132. The number of β-amino-alcohol motifs (C(OH)–C–C–N with tert-alkyl or cyclic N) is 1. The van der Waals surface area contributed by atoms with Crippen molar-refractivity contribution in [2.75, 3.05) is 26.7 Å². The zero-order valence-corrected chi connectivity index (χ0v) is 11.5. The Kier molecular flexibility index (Phi) is 4.74. The van der Waals surface area contributed by atoms with E-state index in [4.69, 9.17) is 0 Å². The van der Waals surface area contributed by atoms with Crippen LogP contribution < -0.4 is 0 Å². The highest BCUT2D eigenvalue weighted by molar-refractivity contribution is 7.09. The topological polar surface area (TPSA) is 43.8 Å². The molecule has 1 atom stereocenters. The van der Waals surface area contributed by atoms with Gasteiger partial charge in [0.25, 0.3) is 0 Å². The molecule has 0 spiro atoms. The minimum absolute atomic E-state index is 0.123. The Balaban J connectivity index is 1.79. The number of aliphatic hydroxyl groups is 1. The number of hydrogen-bond acceptors (Lipinski definition) is 4. The molecule has 2 rings (SSSR count). The van der Waals surface area contributed by atoms with E-state index in [9.17, 15) is 9.90 Å². The van der Waals surface area contributed by atoms with Crippen molar-refractivity contribution in [3.05, 3.63) is 22.4 Å². The molecule has 0 saturated carbocycles. The summed E-state index contributed by atoms with van der Waals surface area (Å²) in [6.45, 7) is 2.63. The molecule has 100 valence electrons. The average molecular weight is 268 g/mol. The predicted octanol–water partition coefficient (Wildman–Crippen LogP) is 1.16. The number of carbonyl (C=O) groups is 1. The maximum absolute atomic E-state index is 12.1. The highest BCUT2D eigenvalue weighted by Gasteiger charge is 2.21. The van der Waals surface area contributed by atoms with Gasteiger partial charge in [-0.15, -0.1) is 11.3 Å². The molecular formula is C13H20N2O2S. The summed E-state index contributed by atoms with van der Waals surface area (Å²) in [5.74, 6) is 0.123.